The van der Waals surface area contributed by atoms with Crippen LogP contribution in [0.3, 0.4) is 0 Å². The molecule has 0 radical (unpaired) electrons. The van der Waals surface area contributed by atoms with Gasteiger partial charge in [-0.3, -0.25) is 10.1 Å². The number of halogens is 1. The van der Waals surface area contributed by atoms with Gasteiger partial charge in [-0.15, -0.1) is 0 Å². The van der Waals surface area contributed by atoms with E-state index in [1.165, 1.54) is 0 Å². The summed E-state index contributed by atoms with van der Waals surface area (Å²) in [7, 11) is 0. The number of nitrogens with one attached hydrogen (secondary N) is 3. The van der Waals surface area contributed by atoms with E-state index in [9.17, 15) is 4.79 Å². The van der Waals surface area contributed by atoms with Crippen molar-refractivity contribution in [3.63, 3.8) is 0 Å². The van der Waals surface area contributed by atoms with Crippen LogP contribution in [0, 0.1) is 0 Å². The molecule has 3 N–H and O–H groups in total. The van der Waals surface area contributed by atoms with Gasteiger partial charge < -0.3 is 15.5 Å². The monoisotopic (exact) mass is 396 g/mol. The van der Waals surface area contributed by atoms with Crippen LogP contribution in [0.2, 0.25) is 5.02 Å². The number of carbonyl (C=O) groups is 1. The Morgan fingerprint density at radius 1 is 1.21 bits per heavy atom. The molecule has 1 aromatic carbocycles. The molecule has 0 aliphatic carbocycles. The molecule has 7 nitrogen and oxygen atoms in total. The number of H-pyrrole nitrogens is 1. The van der Waals surface area contributed by atoms with Crippen molar-refractivity contribution in [1.29, 1.82) is 0 Å². The number of rotatable bonds is 4. The van der Waals surface area contributed by atoms with Crippen molar-refractivity contribution in [1.82, 2.24) is 20.5 Å². The minimum Gasteiger partial charge on any atom is -0.353 e. The van der Waals surface area contributed by atoms with Crippen LogP contribution < -0.4 is 15.5 Å². The van der Waals surface area contributed by atoms with E-state index in [4.69, 9.17) is 11.6 Å². The predicted molar refractivity (Wildman–Crippen MR) is 111 cm³/mol. The molecule has 3 heterocycles. The number of aromatic nitrogens is 3. The molecule has 3 aromatic rings. The molecule has 2 amide bonds. The minimum absolute atomic E-state index is 0.0500. The first kappa shape index (κ1) is 18.3. The molecule has 1 atom stereocenters. The summed E-state index contributed by atoms with van der Waals surface area (Å²) < 4.78 is 0. The summed E-state index contributed by atoms with van der Waals surface area (Å²) in [5.41, 5.74) is 2.67. The summed E-state index contributed by atoms with van der Waals surface area (Å²) in [4.78, 5) is 18.5. The van der Waals surface area contributed by atoms with Gasteiger partial charge in [0.25, 0.3) is 0 Å². The Balaban J connectivity index is 1.37. The zero-order valence-electron chi connectivity index (χ0n) is 15.2. The molecule has 1 fully saturated rings. The van der Waals surface area contributed by atoms with Crippen LogP contribution in [0.1, 0.15) is 12.8 Å². The molecule has 1 aliphatic heterocycles. The van der Waals surface area contributed by atoms with Crippen molar-refractivity contribution in [2.45, 2.75) is 18.9 Å². The lowest BCUT2D eigenvalue weighted by Crippen LogP contribution is -2.49. The lowest BCUT2D eigenvalue weighted by molar-refractivity contribution is 0.246. The number of benzene rings is 1. The highest BCUT2D eigenvalue weighted by molar-refractivity contribution is 6.30. The van der Waals surface area contributed by atoms with Gasteiger partial charge >= 0.3 is 6.03 Å². The Morgan fingerprint density at radius 3 is 2.89 bits per heavy atom. The van der Waals surface area contributed by atoms with E-state index >= 15 is 0 Å². The summed E-state index contributed by atoms with van der Waals surface area (Å²) in [5.74, 6) is 0.883. The van der Waals surface area contributed by atoms with Gasteiger partial charge in [-0.1, -0.05) is 17.7 Å². The number of carbonyl (C=O) groups excluding carboxylic acids is 1. The zero-order valence-corrected chi connectivity index (χ0v) is 16.0. The smallest absolute Gasteiger partial charge is 0.319 e. The number of aromatic amines is 1. The molecule has 2 aromatic heterocycles. The van der Waals surface area contributed by atoms with Gasteiger partial charge in [0, 0.05) is 53.9 Å². The van der Waals surface area contributed by atoms with Crippen molar-refractivity contribution in [2.24, 2.45) is 0 Å². The van der Waals surface area contributed by atoms with Crippen LogP contribution in [-0.2, 0) is 0 Å². The highest BCUT2D eigenvalue weighted by atomic mass is 35.5. The fourth-order valence-electron chi connectivity index (χ4n) is 3.37. The topological polar surface area (TPSA) is 85.9 Å². The van der Waals surface area contributed by atoms with Crippen LogP contribution in [0.4, 0.5) is 16.3 Å². The van der Waals surface area contributed by atoms with Crippen LogP contribution >= 0.6 is 11.6 Å². The minimum atomic E-state index is -0.228. The van der Waals surface area contributed by atoms with Gasteiger partial charge in [-0.2, -0.15) is 5.10 Å². The molecule has 0 saturated carbocycles. The first-order chi connectivity index (χ1) is 13.7. The van der Waals surface area contributed by atoms with Crippen LogP contribution in [0.25, 0.3) is 11.3 Å². The van der Waals surface area contributed by atoms with Crippen molar-refractivity contribution in [3.05, 3.63) is 59.9 Å². The van der Waals surface area contributed by atoms with Gasteiger partial charge in [-0.25, -0.2) is 4.79 Å². The molecule has 1 saturated heterocycles. The SMILES string of the molecule is O=C(Nc1cccc(Cl)c1)NC1CCCN(c2cc(-c3ccncc3)[nH]n2)C1. The highest BCUT2D eigenvalue weighted by Crippen LogP contribution is 2.24. The summed E-state index contributed by atoms with van der Waals surface area (Å²) in [6.45, 7) is 1.62. The second-order valence-electron chi connectivity index (χ2n) is 6.77. The first-order valence-corrected chi connectivity index (χ1v) is 9.59. The van der Waals surface area contributed by atoms with E-state index in [1.807, 2.05) is 24.3 Å². The average molecular weight is 397 g/mol. The molecule has 8 heteroatoms. The maximum absolute atomic E-state index is 12.3. The molecular formula is C20H21ClN6O. The second kappa shape index (κ2) is 8.31. The third kappa shape index (κ3) is 4.43. The number of hydrogen-bond donors (Lipinski definition) is 3. The second-order valence-corrected chi connectivity index (χ2v) is 7.21. The Bertz CT molecular complexity index is 945. The summed E-state index contributed by atoms with van der Waals surface area (Å²) >= 11 is 5.96. The lowest BCUT2D eigenvalue weighted by Gasteiger charge is -2.33. The third-order valence-electron chi connectivity index (χ3n) is 4.72. The van der Waals surface area contributed by atoms with Crippen LogP contribution in [0.5, 0.6) is 0 Å². The van der Waals surface area contributed by atoms with Crippen molar-refractivity contribution in [3.8, 4) is 11.3 Å². The number of piperidine rings is 1. The van der Waals surface area contributed by atoms with E-state index in [0.29, 0.717) is 17.3 Å². The fourth-order valence-corrected chi connectivity index (χ4v) is 3.56. The maximum Gasteiger partial charge on any atom is 0.319 e. The summed E-state index contributed by atoms with van der Waals surface area (Å²) in [5, 5.41) is 14.0. The van der Waals surface area contributed by atoms with Gasteiger partial charge in [0.15, 0.2) is 5.82 Å². The fraction of sp³-hybridized carbons (Fsp3) is 0.250. The molecule has 4 rings (SSSR count). The molecule has 144 valence electrons. The Hall–Kier alpha value is -3.06. The Labute approximate surface area is 168 Å². The van der Waals surface area contributed by atoms with Crippen molar-refractivity contribution in [2.75, 3.05) is 23.3 Å². The number of amides is 2. The van der Waals surface area contributed by atoms with E-state index in [1.54, 1.807) is 30.6 Å². The molecule has 28 heavy (non-hydrogen) atoms. The van der Waals surface area contributed by atoms with Crippen molar-refractivity contribution >= 4 is 29.1 Å². The van der Waals surface area contributed by atoms with Crippen LogP contribution in [0.15, 0.2) is 54.9 Å². The maximum atomic E-state index is 12.3. The number of urea groups is 1. The van der Waals surface area contributed by atoms with E-state index < -0.39 is 0 Å². The Kier molecular flexibility index (Phi) is 5.43. The number of hydrogen-bond acceptors (Lipinski definition) is 4. The van der Waals surface area contributed by atoms with Gasteiger partial charge in [0.2, 0.25) is 0 Å². The summed E-state index contributed by atoms with van der Waals surface area (Å²) in [6.07, 6.45) is 5.44. The highest BCUT2D eigenvalue weighted by Gasteiger charge is 2.23. The van der Waals surface area contributed by atoms with Gasteiger partial charge in [0.05, 0.1) is 5.69 Å². The third-order valence-corrected chi connectivity index (χ3v) is 4.95. The number of pyridine rings is 1. The average Bonchev–Trinajstić information content (AvgIpc) is 3.19. The van der Waals surface area contributed by atoms with Gasteiger partial charge in [0.1, 0.15) is 0 Å². The first-order valence-electron chi connectivity index (χ1n) is 9.21. The normalized spacial score (nSPS) is 16.6. The van der Waals surface area contributed by atoms with E-state index in [-0.39, 0.29) is 12.1 Å². The summed E-state index contributed by atoms with van der Waals surface area (Å²) in [6, 6.07) is 12.8. The largest absolute Gasteiger partial charge is 0.353 e. The van der Waals surface area contributed by atoms with E-state index in [2.05, 4.69) is 30.7 Å². The predicted octanol–water partition coefficient (Wildman–Crippen LogP) is 3.92. The molecule has 1 unspecified atom stereocenters. The van der Waals surface area contributed by atoms with E-state index in [0.717, 1.165) is 36.5 Å². The number of nitrogens with zero attached hydrogens (tertiary/aromatic N) is 3. The standard InChI is InChI=1S/C20H21ClN6O/c21-15-3-1-4-16(11-15)23-20(28)24-17-5-2-10-27(13-17)19-12-18(25-26-19)14-6-8-22-9-7-14/h1,3-4,6-9,11-12,17H,2,5,10,13H2,(H,25,26)(H2,23,24,28). The quantitative estimate of drug-likeness (QED) is 0.624. The van der Waals surface area contributed by atoms with Crippen LogP contribution in [-0.4, -0.2) is 40.3 Å². The molecule has 0 bridgehead atoms. The molecule has 0 spiro atoms. The lowest BCUT2D eigenvalue weighted by atomic mass is 10.1. The van der Waals surface area contributed by atoms with Gasteiger partial charge in [-0.05, 0) is 43.2 Å². The Morgan fingerprint density at radius 2 is 2.07 bits per heavy atom. The van der Waals surface area contributed by atoms with Crippen molar-refractivity contribution < 1.29 is 4.79 Å². The molecule has 1 aliphatic rings. The zero-order chi connectivity index (χ0) is 19.3. The molecular weight excluding hydrogens is 376 g/mol. The number of anilines is 2.